The Morgan fingerprint density at radius 3 is 2.10 bits per heavy atom. The molecule has 1 unspecified atom stereocenters. The predicted octanol–water partition coefficient (Wildman–Crippen LogP) is 3.77. The fourth-order valence-electron chi connectivity index (χ4n) is 2.05. The van der Waals surface area contributed by atoms with Gasteiger partial charge in [-0.1, -0.05) is 52.4 Å². The van der Waals surface area contributed by atoms with Gasteiger partial charge in [0.2, 0.25) is 0 Å². The van der Waals surface area contributed by atoms with Crippen molar-refractivity contribution in [3.8, 4) is 0 Å². The third-order valence-electron chi connectivity index (χ3n) is 3.28. The van der Waals surface area contributed by atoms with E-state index in [1.54, 1.807) is 14.2 Å². The number of rotatable bonds is 14. The van der Waals surface area contributed by atoms with Gasteiger partial charge in [-0.25, -0.2) is 0 Å². The molecule has 0 N–H and O–H groups in total. The maximum atomic E-state index is 12.2. The average molecular weight is 303 g/mol. The van der Waals surface area contributed by atoms with E-state index in [4.69, 9.17) is 13.3 Å². The molecule has 1 radical (unpaired) electrons. The topological polar surface area (TPSA) is 44.8 Å². The van der Waals surface area contributed by atoms with E-state index < -0.39 is 9.53 Å². The first-order chi connectivity index (χ1) is 9.69. The number of carbonyl (C=O) groups is 1. The Kier molecular flexibility index (Phi) is 13.6. The molecule has 5 heteroatoms. The van der Waals surface area contributed by atoms with E-state index in [1.165, 1.54) is 12.8 Å². The number of carbonyl (C=O) groups excluding carboxylic acids is 1. The van der Waals surface area contributed by atoms with Crippen LogP contribution >= 0.6 is 0 Å². The van der Waals surface area contributed by atoms with Gasteiger partial charge in [-0.3, -0.25) is 4.79 Å². The highest BCUT2D eigenvalue weighted by atomic mass is 28.3. The molecule has 1 atom stereocenters. The number of hydrogen-bond donors (Lipinski definition) is 0. The van der Waals surface area contributed by atoms with E-state index in [9.17, 15) is 4.79 Å². The Bertz CT molecular complexity index is 232. The first-order valence-corrected chi connectivity index (χ1v) is 9.06. The smallest absolute Gasteiger partial charge is 0.375 e. The maximum Gasteiger partial charge on any atom is 0.577 e. The lowest BCUT2D eigenvalue weighted by Gasteiger charge is -2.19. The zero-order valence-electron chi connectivity index (χ0n) is 13.6. The van der Waals surface area contributed by atoms with E-state index in [0.717, 1.165) is 38.5 Å². The molecule has 0 aliphatic carbocycles. The Labute approximate surface area is 126 Å². The van der Waals surface area contributed by atoms with Gasteiger partial charge in [-0.05, 0) is 12.8 Å². The SMILES string of the molecule is CCCCCCC(O[Si](OC)OC)C(=O)CCCCC. The lowest BCUT2D eigenvalue weighted by Crippen LogP contribution is -2.35. The molecule has 0 heterocycles. The molecule has 0 spiro atoms. The second-order valence-corrected chi connectivity index (χ2v) is 6.59. The molecular formula is C15H31O4Si. The molecule has 0 rings (SSSR count). The molecular weight excluding hydrogens is 272 g/mol. The number of ketones is 1. The fraction of sp³-hybridized carbons (Fsp3) is 0.933. The van der Waals surface area contributed by atoms with E-state index in [-0.39, 0.29) is 11.9 Å². The summed E-state index contributed by atoms with van der Waals surface area (Å²) in [5.41, 5.74) is 0. The number of unbranched alkanes of at least 4 members (excludes halogenated alkanes) is 5. The molecule has 0 fully saturated rings. The first kappa shape index (κ1) is 19.8. The third-order valence-corrected chi connectivity index (χ3v) is 4.42. The molecule has 0 saturated heterocycles. The van der Waals surface area contributed by atoms with Crippen LogP contribution in [0.3, 0.4) is 0 Å². The quantitative estimate of drug-likeness (QED) is 0.362. The largest absolute Gasteiger partial charge is 0.577 e. The minimum atomic E-state index is -1.76. The van der Waals surface area contributed by atoms with Gasteiger partial charge in [0.25, 0.3) is 0 Å². The van der Waals surface area contributed by atoms with Crippen LogP contribution in [0.5, 0.6) is 0 Å². The minimum Gasteiger partial charge on any atom is -0.375 e. The Morgan fingerprint density at radius 2 is 1.55 bits per heavy atom. The van der Waals surface area contributed by atoms with Crippen molar-refractivity contribution in [2.75, 3.05) is 14.2 Å². The minimum absolute atomic E-state index is 0.201. The molecule has 119 valence electrons. The lowest BCUT2D eigenvalue weighted by molar-refractivity contribution is -0.127. The van der Waals surface area contributed by atoms with Crippen LogP contribution in [0.25, 0.3) is 0 Å². The van der Waals surface area contributed by atoms with Crippen LogP contribution in [-0.2, 0) is 18.1 Å². The van der Waals surface area contributed by atoms with Gasteiger partial charge in [-0.2, -0.15) is 0 Å². The summed E-state index contributed by atoms with van der Waals surface area (Å²) in [5.74, 6) is 0.201. The average Bonchev–Trinajstić information content (AvgIpc) is 2.47. The number of hydrogen-bond acceptors (Lipinski definition) is 4. The van der Waals surface area contributed by atoms with Gasteiger partial charge in [0.1, 0.15) is 6.10 Å². The summed E-state index contributed by atoms with van der Waals surface area (Å²) in [6, 6.07) is 0. The molecule has 0 aliphatic rings. The van der Waals surface area contributed by atoms with Gasteiger partial charge in [0, 0.05) is 20.6 Å². The van der Waals surface area contributed by atoms with Crippen LogP contribution in [0.15, 0.2) is 0 Å². The summed E-state index contributed by atoms with van der Waals surface area (Å²) in [6.45, 7) is 4.32. The second kappa shape index (κ2) is 13.7. The molecule has 0 aromatic rings. The van der Waals surface area contributed by atoms with Crippen molar-refractivity contribution in [1.82, 2.24) is 0 Å². The third kappa shape index (κ3) is 9.64. The zero-order valence-corrected chi connectivity index (χ0v) is 14.6. The Hall–Kier alpha value is -0.233. The van der Waals surface area contributed by atoms with Crippen LogP contribution < -0.4 is 0 Å². The molecule has 0 saturated carbocycles. The first-order valence-electron chi connectivity index (χ1n) is 7.83. The molecule has 0 aromatic heterocycles. The van der Waals surface area contributed by atoms with Gasteiger partial charge >= 0.3 is 9.53 Å². The van der Waals surface area contributed by atoms with Crippen molar-refractivity contribution >= 4 is 15.3 Å². The van der Waals surface area contributed by atoms with Crippen LogP contribution in [0, 0.1) is 0 Å². The lowest BCUT2D eigenvalue weighted by atomic mass is 10.0. The van der Waals surface area contributed by atoms with E-state index in [1.807, 2.05) is 0 Å². The molecule has 0 aromatic carbocycles. The van der Waals surface area contributed by atoms with E-state index >= 15 is 0 Å². The summed E-state index contributed by atoms with van der Waals surface area (Å²) in [7, 11) is 1.37. The van der Waals surface area contributed by atoms with Gasteiger partial charge in [-0.15, -0.1) is 0 Å². The van der Waals surface area contributed by atoms with Crippen molar-refractivity contribution in [3.05, 3.63) is 0 Å². The molecule has 0 amide bonds. The van der Waals surface area contributed by atoms with Crippen LogP contribution in [-0.4, -0.2) is 35.6 Å². The molecule has 0 aliphatic heterocycles. The normalized spacial score (nSPS) is 12.8. The Balaban J connectivity index is 4.24. The highest BCUT2D eigenvalue weighted by Crippen LogP contribution is 2.14. The molecule has 0 bridgehead atoms. The summed E-state index contributed by atoms with van der Waals surface area (Å²) >= 11 is 0. The summed E-state index contributed by atoms with van der Waals surface area (Å²) in [6.07, 6.45) is 8.80. The highest BCUT2D eigenvalue weighted by molar-refractivity contribution is 6.36. The van der Waals surface area contributed by atoms with E-state index in [2.05, 4.69) is 13.8 Å². The van der Waals surface area contributed by atoms with Gasteiger partial charge in [0.05, 0.1) is 0 Å². The molecule has 20 heavy (non-hydrogen) atoms. The van der Waals surface area contributed by atoms with Crippen molar-refractivity contribution < 1.29 is 18.1 Å². The summed E-state index contributed by atoms with van der Waals surface area (Å²) < 4.78 is 16.0. The maximum absolute atomic E-state index is 12.2. The monoisotopic (exact) mass is 303 g/mol. The van der Waals surface area contributed by atoms with Crippen molar-refractivity contribution in [3.63, 3.8) is 0 Å². The van der Waals surface area contributed by atoms with Gasteiger partial charge < -0.3 is 13.3 Å². The van der Waals surface area contributed by atoms with Crippen molar-refractivity contribution in [1.29, 1.82) is 0 Å². The molecule has 4 nitrogen and oxygen atoms in total. The zero-order chi connectivity index (χ0) is 15.2. The van der Waals surface area contributed by atoms with Crippen LogP contribution in [0.2, 0.25) is 0 Å². The van der Waals surface area contributed by atoms with Crippen LogP contribution in [0.1, 0.15) is 71.6 Å². The Morgan fingerprint density at radius 1 is 0.950 bits per heavy atom. The predicted molar refractivity (Wildman–Crippen MR) is 82.6 cm³/mol. The van der Waals surface area contributed by atoms with Crippen molar-refractivity contribution in [2.45, 2.75) is 77.7 Å². The summed E-state index contributed by atoms with van der Waals surface area (Å²) in [5, 5.41) is 0. The number of Topliss-reactive ketones (excluding diaryl/α,β-unsaturated/α-hetero) is 1. The standard InChI is InChI=1S/C15H31O4Si/c1-5-7-9-11-13-15(19-20(17-3)18-4)14(16)12-10-8-6-2/h15H,5-13H2,1-4H3. The summed E-state index contributed by atoms with van der Waals surface area (Å²) in [4.78, 5) is 12.2. The second-order valence-electron chi connectivity index (χ2n) is 5.04. The van der Waals surface area contributed by atoms with Crippen molar-refractivity contribution in [2.24, 2.45) is 0 Å². The van der Waals surface area contributed by atoms with Crippen LogP contribution in [0.4, 0.5) is 0 Å². The van der Waals surface area contributed by atoms with Gasteiger partial charge in [0.15, 0.2) is 5.78 Å². The fourth-order valence-corrected chi connectivity index (χ4v) is 2.89. The highest BCUT2D eigenvalue weighted by Gasteiger charge is 2.26. The van der Waals surface area contributed by atoms with E-state index in [0.29, 0.717) is 6.42 Å².